The van der Waals surface area contributed by atoms with E-state index in [9.17, 15) is 0 Å². The molecule has 0 saturated heterocycles. The third-order valence-corrected chi connectivity index (χ3v) is 2.76. The van der Waals surface area contributed by atoms with E-state index in [0.717, 1.165) is 28.3 Å². The van der Waals surface area contributed by atoms with Crippen molar-refractivity contribution in [2.75, 3.05) is 7.05 Å². The van der Waals surface area contributed by atoms with Gasteiger partial charge in [-0.05, 0) is 30.3 Å². The summed E-state index contributed by atoms with van der Waals surface area (Å²) in [6.07, 6.45) is 3.66. The summed E-state index contributed by atoms with van der Waals surface area (Å²) in [6.45, 7) is 0.786. The Bertz CT molecular complexity index is 483. The van der Waals surface area contributed by atoms with Crippen LogP contribution >= 0.6 is 11.6 Å². The number of nitrogens with one attached hydrogen (secondary N) is 1. The van der Waals surface area contributed by atoms with Gasteiger partial charge in [-0.15, -0.1) is 0 Å². The van der Waals surface area contributed by atoms with E-state index in [1.165, 1.54) is 0 Å². The predicted molar refractivity (Wildman–Crippen MR) is 67.4 cm³/mol. The first-order valence-electron chi connectivity index (χ1n) is 5.15. The van der Waals surface area contributed by atoms with Gasteiger partial charge in [-0.3, -0.25) is 4.98 Å². The third-order valence-electron chi connectivity index (χ3n) is 2.43. The summed E-state index contributed by atoms with van der Waals surface area (Å²) >= 11 is 6.19. The molecule has 0 atom stereocenters. The molecule has 0 unspecified atom stereocenters. The van der Waals surface area contributed by atoms with Crippen LogP contribution in [0.25, 0.3) is 11.1 Å². The predicted octanol–water partition coefficient (Wildman–Crippen LogP) is 3.12. The highest BCUT2D eigenvalue weighted by Crippen LogP contribution is 2.29. The highest BCUT2D eigenvalue weighted by atomic mass is 35.5. The van der Waals surface area contributed by atoms with E-state index in [-0.39, 0.29) is 0 Å². The van der Waals surface area contributed by atoms with E-state index in [0.29, 0.717) is 0 Å². The van der Waals surface area contributed by atoms with Crippen molar-refractivity contribution in [2.24, 2.45) is 0 Å². The van der Waals surface area contributed by atoms with Crippen LogP contribution in [0.1, 0.15) is 5.56 Å². The number of aromatic nitrogens is 1. The summed E-state index contributed by atoms with van der Waals surface area (Å²) in [5.41, 5.74) is 3.34. The highest BCUT2D eigenvalue weighted by Gasteiger charge is 2.07. The Morgan fingerprint density at radius 1 is 1.19 bits per heavy atom. The molecule has 0 aliphatic rings. The first-order chi connectivity index (χ1) is 7.83. The molecule has 0 radical (unpaired) electrons. The second-order valence-electron chi connectivity index (χ2n) is 3.54. The minimum Gasteiger partial charge on any atom is -0.316 e. The first kappa shape index (κ1) is 11.1. The number of nitrogens with zero attached hydrogens (tertiary/aromatic N) is 1. The molecule has 0 aliphatic carbocycles. The van der Waals surface area contributed by atoms with Gasteiger partial charge in [0, 0.05) is 29.5 Å². The lowest BCUT2D eigenvalue weighted by atomic mass is 10.0. The van der Waals surface area contributed by atoms with Gasteiger partial charge >= 0.3 is 0 Å². The maximum absolute atomic E-state index is 6.19. The average Bonchev–Trinajstić information content (AvgIpc) is 2.31. The van der Waals surface area contributed by atoms with Gasteiger partial charge < -0.3 is 5.32 Å². The van der Waals surface area contributed by atoms with Crippen LogP contribution in [0.2, 0.25) is 5.02 Å². The molecule has 1 heterocycles. The smallest absolute Gasteiger partial charge is 0.0484 e. The molecule has 1 N–H and O–H groups in total. The number of halogens is 1. The quantitative estimate of drug-likeness (QED) is 0.880. The zero-order chi connectivity index (χ0) is 11.4. The van der Waals surface area contributed by atoms with E-state index in [2.05, 4.69) is 10.3 Å². The number of hydrogen-bond acceptors (Lipinski definition) is 2. The second kappa shape index (κ2) is 5.10. The van der Waals surface area contributed by atoms with Crippen LogP contribution in [0.5, 0.6) is 0 Å². The van der Waals surface area contributed by atoms with Gasteiger partial charge in [0.2, 0.25) is 0 Å². The lowest BCUT2D eigenvalue weighted by Crippen LogP contribution is -2.06. The molecule has 0 bridgehead atoms. The topological polar surface area (TPSA) is 24.9 Å². The van der Waals surface area contributed by atoms with E-state index < -0.39 is 0 Å². The lowest BCUT2D eigenvalue weighted by molar-refractivity contribution is 0.815. The van der Waals surface area contributed by atoms with Gasteiger partial charge in [0.25, 0.3) is 0 Å². The van der Waals surface area contributed by atoms with E-state index in [1.807, 2.05) is 43.6 Å². The summed E-state index contributed by atoms with van der Waals surface area (Å²) in [4.78, 5) is 4.14. The molecule has 0 fully saturated rings. The van der Waals surface area contributed by atoms with Gasteiger partial charge in [-0.25, -0.2) is 0 Å². The number of hydrogen-bond donors (Lipinski definition) is 1. The normalized spacial score (nSPS) is 10.4. The number of rotatable bonds is 3. The monoisotopic (exact) mass is 232 g/mol. The number of benzene rings is 1. The molecule has 16 heavy (non-hydrogen) atoms. The van der Waals surface area contributed by atoms with Gasteiger partial charge in [0.1, 0.15) is 0 Å². The van der Waals surface area contributed by atoms with Crippen molar-refractivity contribution in [3.63, 3.8) is 0 Å². The second-order valence-corrected chi connectivity index (χ2v) is 3.95. The summed E-state index contributed by atoms with van der Waals surface area (Å²) in [5, 5.41) is 3.90. The summed E-state index contributed by atoms with van der Waals surface area (Å²) < 4.78 is 0. The zero-order valence-corrected chi connectivity index (χ0v) is 9.83. The van der Waals surface area contributed by atoms with Gasteiger partial charge in [-0.2, -0.15) is 0 Å². The standard InChI is InChI=1S/C13H13ClN2/c1-15-8-10-9-16-7-6-11(10)12-4-2-3-5-13(12)14/h2-7,9,15H,8H2,1H3. The molecule has 2 nitrogen and oxygen atoms in total. The molecule has 3 heteroatoms. The largest absolute Gasteiger partial charge is 0.316 e. The molecule has 0 amide bonds. The van der Waals surface area contributed by atoms with E-state index in [4.69, 9.17) is 11.6 Å². The SMILES string of the molecule is CNCc1cnccc1-c1ccccc1Cl. The van der Waals surface area contributed by atoms with Crippen molar-refractivity contribution >= 4 is 11.6 Å². The summed E-state index contributed by atoms with van der Waals surface area (Å²) in [7, 11) is 1.92. The third kappa shape index (κ3) is 2.23. The molecule has 1 aromatic carbocycles. The van der Waals surface area contributed by atoms with Gasteiger partial charge in [0.15, 0.2) is 0 Å². The van der Waals surface area contributed by atoms with Crippen molar-refractivity contribution in [2.45, 2.75) is 6.54 Å². The first-order valence-corrected chi connectivity index (χ1v) is 5.53. The molecule has 0 aliphatic heterocycles. The highest BCUT2D eigenvalue weighted by molar-refractivity contribution is 6.33. The Balaban J connectivity index is 2.51. The maximum atomic E-state index is 6.19. The Morgan fingerprint density at radius 2 is 2.00 bits per heavy atom. The molecule has 0 spiro atoms. The molecule has 82 valence electrons. The molecular formula is C13H13ClN2. The van der Waals surface area contributed by atoms with Crippen LogP contribution in [-0.2, 0) is 6.54 Å². The van der Waals surface area contributed by atoms with E-state index in [1.54, 1.807) is 6.20 Å². The summed E-state index contributed by atoms with van der Waals surface area (Å²) in [6, 6.07) is 9.85. The fourth-order valence-corrected chi connectivity index (χ4v) is 1.94. The number of pyridine rings is 1. The Hall–Kier alpha value is -1.38. The van der Waals surface area contributed by atoms with Crippen molar-refractivity contribution in [1.82, 2.24) is 10.3 Å². The molecule has 0 saturated carbocycles. The maximum Gasteiger partial charge on any atom is 0.0484 e. The summed E-state index contributed by atoms with van der Waals surface area (Å²) in [5.74, 6) is 0. The van der Waals surface area contributed by atoms with Crippen LogP contribution < -0.4 is 5.32 Å². The molecule has 2 rings (SSSR count). The van der Waals surface area contributed by atoms with Crippen LogP contribution in [0.4, 0.5) is 0 Å². The van der Waals surface area contributed by atoms with Gasteiger partial charge in [0.05, 0.1) is 0 Å². The van der Waals surface area contributed by atoms with Crippen molar-refractivity contribution in [1.29, 1.82) is 0 Å². The van der Waals surface area contributed by atoms with Crippen LogP contribution in [0, 0.1) is 0 Å². The lowest BCUT2D eigenvalue weighted by Gasteiger charge is -2.09. The van der Waals surface area contributed by atoms with Crippen molar-refractivity contribution in [3.8, 4) is 11.1 Å². The Labute approximate surface area is 100 Å². The van der Waals surface area contributed by atoms with Crippen molar-refractivity contribution in [3.05, 3.63) is 53.3 Å². The van der Waals surface area contributed by atoms with Crippen molar-refractivity contribution < 1.29 is 0 Å². The molecule has 1 aromatic heterocycles. The van der Waals surface area contributed by atoms with Gasteiger partial charge in [-0.1, -0.05) is 29.8 Å². The molecule has 2 aromatic rings. The average molecular weight is 233 g/mol. The van der Waals surface area contributed by atoms with E-state index >= 15 is 0 Å². The van der Waals surface area contributed by atoms with Crippen LogP contribution in [-0.4, -0.2) is 12.0 Å². The zero-order valence-electron chi connectivity index (χ0n) is 9.07. The minimum absolute atomic E-state index is 0.769. The fourth-order valence-electron chi connectivity index (χ4n) is 1.70. The van der Waals surface area contributed by atoms with Crippen LogP contribution in [0.15, 0.2) is 42.7 Å². The Kier molecular flexibility index (Phi) is 3.54. The minimum atomic E-state index is 0.769. The molecular weight excluding hydrogens is 220 g/mol. The van der Waals surface area contributed by atoms with Crippen LogP contribution in [0.3, 0.4) is 0 Å². The Morgan fingerprint density at radius 3 is 2.75 bits per heavy atom. The fraction of sp³-hybridized carbons (Fsp3) is 0.154.